The summed E-state index contributed by atoms with van der Waals surface area (Å²) in [4.78, 5) is 13.0. The van der Waals surface area contributed by atoms with Crippen molar-refractivity contribution in [2.75, 3.05) is 0 Å². The number of carbonyl (C=O) groups excluding carboxylic acids is 1. The Morgan fingerprint density at radius 1 is 1.05 bits per heavy atom. The number of allylic oxidation sites excluding steroid dienone is 1. The molecule has 98 valence electrons. The Morgan fingerprint density at radius 3 is 2.60 bits per heavy atom. The third-order valence-corrected chi connectivity index (χ3v) is 4.21. The van der Waals surface area contributed by atoms with Crippen LogP contribution in [0.15, 0.2) is 61.2 Å². The second-order valence-corrected chi connectivity index (χ2v) is 5.55. The molecule has 0 amide bonds. The molecular weight excluding hydrogens is 271 g/mol. The average Bonchev–Trinajstić information content (AvgIpc) is 2.89. The first-order chi connectivity index (χ1) is 9.65. The van der Waals surface area contributed by atoms with Crippen LogP contribution in [0, 0.1) is 5.82 Å². The summed E-state index contributed by atoms with van der Waals surface area (Å²) in [6.07, 6.45) is 0. The van der Waals surface area contributed by atoms with E-state index < -0.39 is 0 Å². The number of benzene rings is 2. The zero-order valence-corrected chi connectivity index (χ0v) is 11.4. The second kappa shape index (κ2) is 5.02. The number of carbonyl (C=O) groups is 1. The van der Waals surface area contributed by atoms with Crippen molar-refractivity contribution < 1.29 is 9.18 Å². The Labute approximate surface area is 120 Å². The minimum Gasteiger partial charge on any atom is -0.288 e. The Bertz CT molecular complexity index is 783. The quantitative estimate of drug-likeness (QED) is 0.491. The summed E-state index contributed by atoms with van der Waals surface area (Å²) in [5, 5.41) is 1.04. The molecule has 0 unspecified atom stereocenters. The third kappa shape index (κ3) is 2.28. The van der Waals surface area contributed by atoms with Crippen LogP contribution in [0.2, 0.25) is 0 Å². The molecule has 3 aromatic rings. The largest absolute Gasteiger partial charge is 0.288 e. The SMILES string of the molecule is C=C(C(=O)c1cc2ccccc2s1)c1cccc(F)c1. The van der Waals surface area contributed by atoms with Crippen LogP contribution >= 0.6 is 11.3 Å². The first-order valence-electron chi connectivity index (χ1n) is 6.13. The second-order valence-electron chi connectivity index (χ2n) is 4.47. The highest BCUT2D eigenvalue weighted by molar-refractivity contribution is 7.21. The van der Waals surface area contributed by atoms with Gasteiger partial charge in [0.15, 0.2) is 0 Å². The molecule has 1 aromatic heterocycles. The van der Waals surface area contributed by atoms with Gasteiger partial charge in [0, 0.05) is 10.3 Å². The Kier molecular flexibility index (Phi) is 3.20. The molecule has 0 aliphatic rings. The minimum atomic E-state index is -0.368. The van der Waals surface area contributed by atoms with Crippen LogP contribution in [0.5, 0.6) is 0 Å². The van der Waals surface area contributed by atoms with Crippen LogP contribution in [0.4, 0.5) is 4.39 Å². The van der Waals surface area contributed by atoms with Crippen molar-refractivity contribution in [1.29, 1.82) is 0 Å². The van der Waals surface area contributed by atoms with E-state index in [2.05, 4.69) is 6.58 Å². The van der Waals surface area contributed by atoms with E-state index in [1.165, 1.54) is 23.5 Å². The monoisotopic (exact) mass is 282 g/mol. The van der Waals surface area contributed by atoms with E-state index >= 15 is 0 Å². The normalized spacial score (nSPS) is 10.7. The van der Waals surface area contributed by atoms with Gasteiger partial charge in [0.05, 0.1) is 4.88 Å². The molecule has 0 aliphatic carbocycles. The summed E-state index contributed by atoms with van der Waals surface area (Å²) in [5.74, 6) is -0.524. The lowest BCUT2D eigenvalue weighted by Crippen LogP contribution is -1.99. The lowest BCUT2D eigenvalue weighted by Gasteiger charge is -2.03. The molecule has 0 fully saturated rings. The van der Waals surface area contributed by atoms with E-state index in [0.717, 1.165) is 10.1 Å². The fraction of sp³-hybridized carbons (Fsp3) is 0. The molecule has 0 radical (unpaired) electrons. The van der Waals surface area contributed by atoms with Gasteiger partial charge in [0.1, 0.15) is 5.82 Å². The Balaban J connectivity index is 1.97. The van der Waals surface area contributed by atoms with Gasteiger partial charge in [-0.05, 0) is 35.2 Å². The lowest BCUT2D eigenvalue weighted by atomic mass is 10.0. The number of halogens is 1. The van der Waals surface area contributed by atoms with Gasteiger partial charge in [-0.25, -0.2) is 4.39 Å². The van der Waals surface area contributed by atoms with Crippen LogP contribution in [-0.2, 0) is 0 Å². The number of Topliss-reactive ketones (excluding diaryl/α,β-unsaturated/α-hetero) is 1. The number of rotatable bonds is 3. The molecule has 0 aliphatic heterocycles. The third-order valence-electron chi connectivity index (χ3n) is 3.10. The Hall–Kier alpha value is -2.26. The highest BCUT2D eigenvalue weighted by Crippen LogP contribution is 2.29. The zero-order valence-electron chi connectivity index (χ0n) is 10.6. The fourth-order valence-electron chi connectivity index (χ4n) is 2.05. The molecule has 20 heavy (non-hydrogen) atoms. The van der Waals surface area contributed by atoms with Gasteiger partial charge in [-0.2, -0.15) is 0 Å². The summed E-state index contributed by atoms with van der Waals surface area (Å²) in [6.45, 7) is 3.80. The average molecular weight is 282 g/mol. The van der Waals surface area contributed by atoms with Crippen LogP contribution in [0.3, 0.4) is 0 Å². The maximum absolute atomic E-state index is 13.2. The highest BCUT2D eigenvalue weighted by atomic mass is 32.1. The molecule has 0 bridgehead atoms. The van der Waals surface area contributed by atoms with Crippen molar-refractivity contribution in [2.24, 2.45) is 0 Å². The van der Waals surface area contributed by atoms with Crippen molar-refractivity contribution in [2.45, 2.75) is 0 Å². The number of thiophene rings is 1. The van der Waals surface area contributed by atoms with Crippen molar-refractivity contribution in [1.82, 2.24) is 0 Å². The van der Waals surface area contributed by atoms with E-state index in [9.17, 15) is 9.18 Å². The summed E-state index contributed by atoms with van der Waals surface area (Å²) in [6, 6.07) is 15.6. The van der Waals surface area contributed by atoms with Gasteiger partial charge >= 0.3 is 0 Å². The van der Waals surface area contributed by atoms with Crippen LogP contribution in [-0.4, -0.2) is 5.78 Å². The molecule has 1 nitrogen and oxygen atoms in total. The maximum atomic E-state index is 13.2. The molecule has 0 saturated heterocycles. The molecule has 0 saturated carbocycles. The van der Waals surface area contributed by atoms with E-state index in [1.807, 2.05) is 30.3 Å². The zero-order chi connectivity index (χ0) is 14.1. The molecule has 3 rings (SSSR count). The van der Waals surface area contributed by atoms with Gasteiger partial charge in [-0.1, -0.05) is 36.9 Å². The predicted octanol–water partition coefficient (Wildman–Crippen LogP) is 4.94. The molecule has 0 N–H and O–H groups in total. The predicted molar refractivity (Wildman–Crippen MR) is 81.6 cm³/mol. The van der Waals surface area contributed by atoms with E-state index in [-0.39, 0.29) is 11.6 Å². The molecule has 0 spiro atoms. The van der Waals surface area contributed by atoms with Crippen molar-refractivity contribution in [3.8, 4) is 0 Å². The van der Waals surface area contributed by atoms with E-state index in [0.29, 0.717) is 16.0 Å². The van der Waals surface area contributed by atoms with Crippen molar-refractivity contribution >= 4 is 32.8 Å². The van der Waals surface area contributed by atoms with Crippen molar-refractivity contribution in [3.05, 3.63) is 77.4 Å². The molecular formula is C17H11FOS. The standard InChI is InChI=1S/C17H11FOS/c1-11(12-6-4-7-14(18)9-12)17(19)16-10-13-5-2-3-8-15(13)20-16/h2-10H,1H2. The van der Waals surface area contributed by atoms with Gasteiger partial charge < -0.3 is 0 Å². The smallest absolute Gasteiger partial charge is 0.202 e. The van der Waals surface area contributed by atoms with Gasteiger partial charge in [0.2, 0.25) is 5.78 Å². The number of ketones is 1. The van der Waals surface area contributed by atoms with Gasteiger partial charge in [-0.3, -0.25) is 4.79 Å². The number of fused-ring (bicyclic) bond motifs is 1. The van der Waals surface area contributed by atoms with Gasteiger partial charge in [0.25, 0.3) is 0 Å². The summed E-state index contributed by atoms with van der Waals surface area (Å²) >= 11 is 1.43. The fourth-order valence-corrected chi connectivity index (χ4v) is 3.08. The van der Waals surface area contributed by atoms with Crippen molar-refractivity contribution in [3.63, 3.8) is 0 Å². The van der Waals surface area contributed by atoms with Gasteiger partial charge in [-0.15, -0.1) is 11.3 Å². The number of hydrogen-bond donors (Lipinski definition) is 0. The maximum Gasteiger partial charge on any atom is 0.202 e. The Morgan fingerprint density at radius 2 is 1.85 bits per heavy atom. The van der Waals surface area contributed by atoms with Crippen LogP contribution in [0.25, 0.3) is 15.7 Å². The van der Waals surface area contributed by atoms with E-state index in [4.69, 9.17) is 0 Å². The topological polar surface area (TPSA) is 17.1 Å². The first kappa shape index (κ1) is 12.8. The summed E-state index contributed by atoms with van der Waals surface area (Å²) in [5.41, 5.74) is 0.837. The summed E-state index contributed by atoms with van der Waals surface area (Å²) < 4.78 is 14.3. The molecule has 1 heterocycles. The minimum absolute atomic E-state index is 0.156. The van der Waals surface area contributed by atoms with Crippen LogP contribution < -0.4 is 0 Å². The molecule has 2 aromatic carbocycles. The first-order valence-corrected chi connectivity index (χ1v) is 6.95. The lowest BCUT2D eigenvalue weighted by molar-refractivity contribution is 0.106. The van der Waals surface area contributed by atoms with Crippen LogP contribution in [0.1, 0.15) is 15.2 Å². The molecule has 0 atom stereocenters. The highest BCUT2D eigenvalue weighted by Gasteiger charge is 2.15. The molecule has 3 heteroatoms. The van der Waals surface area contributed by atoms with E-state index in [1.54, 1.807) is 12.1 Å². The number of hydrogen-bond acceptors (Lipinski definition) is 2. The summed E-state index contributed by atoms with van der Waals surface area (Å²) in [7, 11) is 0.